The second-order valence-electron chi connectivity index (χ2n) is 5.10. The molecule has 4 heteroatoms. The lowest BCUT2D eigenvalue weighted by molar-refractivity contribution is 0.140. The first kappa shape index (κ1) is 13.2. The summed E-state index contributed by atoms with van der Waals surface area (Å²) in [5.41, 5.74) is 6.31. The molecule has 1 aliphatic rings. The van der Waals surface area contributed by atoms with E-state index >= 15 is 0 Å². The highest BCUT2D eigenvalue weighted by molar-refractivity contribution is 5.45. The van der Waals surface area contributed by atoms with Crippen LogP contribution in [-0.2, 0) is 0 Å². The fourth-order valence-corrected chi connectivity index (χ4v) is 2.73. The summed E-state index contributed by atoms with van der Waals surface area (Å²) in [7, 11) is 0. The molecule has 0 aliphatic carbocycles. The molecule has 1 unspecified atom stereocenters. The van der Waals surface area contributed by atoms with Gasteiger partial charge in [-0.1, -0.05) is 6.07 Å². The molecule has 0 radical (unpaired) electrons. The van der Waals surface area contributed by atoms with E-state index in [4.69, 9.17) is 5.73 Å². The summed E-state index contributed by atoms with van der Waals surface area (Å²) in [6.07, 6.45) is 2.18. The molecule has 100 valence electrons. The van der Waals surface area contributed by atoms with Gasteiger partial charge in [-0.3, -0.25) is 4.90 Å². The van der Waals surface area contributed by atoms with Crippen molar-refractivity contribution in [3.8, 4) is 11.5 Å². The first-order valence-corrected chi connectivity index (χ1v) is 6.58. The van der Waals surface area contributed by atoms with Gasteiger partial charge in [0.2, 0.25) is 0 Å². The van der Waals surface area contributed by atoms with Crippen LogP contribution in [-0.4, -0.2) is 34.7 Å². The van der Waals surface area contributed by atoms with Crippen molar-refractivity contribution < 1.29 is 10.2 Å². The lowest BCUT2D eigenvalue weighted by atomic mass is 9.94. The number of hydrogen-bond donors (Lipinski definition) is 3. The number of phenols is 2. The maximum atomic E-state index is 9.88. The van der Waals surface area contributed by atoms with Gasteiger partial charge in [0.1, 0.15) is 11.5 Å². The Hall–Kier alpha value is -1.26. The third-order valence-electron chi connectivity index (χ3n) is 4.01. The van der Waals surface area contributed by atoms with Crippen molar-refractivity contribution in [3.63, 3.8) is 0 Å². The average molecular weight is 250 g/mol. The molecular weight excluding hydrogens is 228 g/mol. The topological polar surface area (TPSA) is 69.7 Å². The maximum absolute atomic E-state index is 9.88. The molecular formula is C14H22N2O2. The number of aromatic hydroxyl groups is 2. The summed E-state index contributed by atoms with van der Waals surface area (Å²) in [4.78, 5) is 2.29. The Labute approximate surface area is 108 Å². The zero-order chi connectivity index (χ0) is 13.1. The van der Waals surface area contributed by atoms with E-state index in [1.165, 1.54) is 0 Å². The minimum Gasteiger partial charge on any atom is -0.507 e. The van der Waals surface area contributed by atoms with Gasteiger partial charge in [-0.05, 0) is 57.5 Å². The van der Waals surface area contributed by atoms with Crippen molar-refractivity contribution in [2.45, 2.75) is 25.8 Å². The highest BCUT2D eigenvalue weighted by Gasteiger charge is 2.25. The molecule has 0 amide bonds. The third-order valence-corrected chi connectivity index (χ3v) is 4.01. The Morgan fingerprint density at radius 1 is 1.28 bits per heavy atom. The zero-order valence-electron chi connectivity index (χ0n) is 10.8. The summed E-state index contributed by atoms with van der Waals surface area (Å²) in [6, 6.07) is 4.93. The normalized spacial score (nSPS) is 19.9. The van der Waals surface area contributed by atoms with Crippen LogP contribution >= 0.6 is 0 Å². The van der Waals surface area contributed by atoms with Gasteiger partial charge in [0.05, 0.1) is 5.56 Å². The van der Waals surface area contributed by atoms with Crippen molar-refractivity contribution in [1.29, 1.82) is 0 Å². The van der Waals surface area contributed by atoms with Gasteiger partial charge in [0.15, 0.2) is 0 Å². The molecule has 0 bridgehead atoms. The first-order chi connectivity index (χ1) is 8.63. The van der Waals surface area contributed by atoms with E-state index in [0.29, 0.717) is 11.5 Å². The van der Waals surface area contributed by atoms with Crippen LogP contribution in [0.1, 0.15) is 31.4 Å². The number of likely N-dealkylation sites (tertiary alicyclic amines) is 1. The molecule has 0 spiro atoms. The van der Waals surface area contributed by atoms with E-state index in [2.05, 4.69) is 4.90 Å². The van der Waals surface area contributed by atoms with Crippen molar-refractivity contribution in [2.75, 3.05) is 19.6 Å². The Morgan fingerprint density at radius 3 is 2.33 bits per heavy atom. The Bertz CT molecular complexity index is 381. The van der Waals surface area contributed by atoms with Crippen LogP contribution in [0.4, 0.5) is 0 Å². The standard InChI is InChI=1S/C14H22N2O2/c1-10(14-12(17)3-2-4-13(14)18)16-7-5-11(9-15)6-8-16/h2-4,10-11,17-18H,5-9,15H2,1H3. The molecule has 1 fully saturated rings. The molecule has 1 aromatic rings. The highest BCUT2D eigenvalue weighted by atomic mass is 16.3. The highest BCUT2D eigenvalue weighted by Crippen LogP contribution is 2.36. The van der Waals surface area contributed by atoms with Crippen molar-refractivity contribution in [3.05, 3.63) is 23.8 Å². The monoisotopic (exact) mass is 250 g/mol. The van der Waals surface area contributed by atoms with Crippen LogP contribution in [0.25, 0.3) is 0 Å². The van der Waals surface area contributed by atoms with Gasteiger partial charge >= 0.3 is 0 Å². The van der Waals surface area contributed by atoms with Gasteiger partial charge in [-0.25, -0.2) is 0 Å². The van der Waals surface area contributed by atoms with E-state index in [9.17, 15) is 10.2 Å². The molecule has 1 heterocycles. The first-order valence-electron chi connectivity index (χ1n) is 6.58. The predicted molar refractivity (Wildman–Crippen MR) is 71.5 cm³/mol. The van der Waals surface area contributed by atoms with Gasteiger partial charge in [-0.15, -0.1) is 0 Å². The van der Waals surface area contributed by atoms with Crippen LogP contribution < -0.4 is 5.73 Å². The van der Waals surface area contributed by atoms with Gasteiger partial charge in [-0.2, -0.15) is 0 Å². The fourth-order valence-electron chi connectivity index (χ4n) is 2.73. The minimum atomic E-state index is 0.0323. The van der Waals surface area contributed by atoms with Gasteiger partial charge < -0.3 is 15.9 Å². The van der Waals surface area contributed by atoms with Crippen LogP contribution in [0, 0.1) is 5.92 Å². The van der Waals surface area contributed by atoms with Crippen molar-refractivity contribution in [1.82, 2.24) is 4.90 Å². The van der Waals surface area contributed by atoms with Crippen molar-refractivity contribution >= 4 is 0 Å². The number of nitrogens with zero attached hydrogens (tertiary/aromatic N) is 1. The van der Waals surface area contributed by atoms with E-state index in [0.717, 1.165) is 32.5 Å². The number of rotatable bonds is 3. The SMILES string of the molecule is CC(c1c(O)cccc1O)N1CCC(CN)CC1. The quantitative estimate of drug-likeness (QED) is 0.765. The summed E-state index contributed by atoms with van der Waals surface area (Å²) >= 11 is 0. The smallest absolute Gasteiger partial charge is 0.124 e. The molecule has 4 nitrogen and oxygen atoms in total. The van der Waals surface area contributed by atoms with E-state index in [1.807, 2.05) is 6.92 Å². The summed E-state index contributed by atoms with van der Waals surface area (Å²) < 4.78 is 0. The predicted octanol–water partition coefficient (Wildman–Crippen LogP) is 1.83. The summed E-state index contributed by atoms with van der Waals surface area (Å²) in [5.74, 6) is 0.957. The van der Waals surface area contributed by atoms with E-state index in [1.54, 1.807) is 18.2 Å². The Morgan fingerprint density at radius 2 is 1.83 bits per heavy atom. The average Bonchev–Trinajstić information content (AvgIpc) is 2.38. The van der Waals surface area contributed by atoms with Crippen LogP contribution in [0.3, 0.4) is 0 Å². The number of hydrogen-bond acceptors (Lipinski definition) is 4. The van der Waals surface area contributed by atoms with Crippen LogP contribution in [0.2, 0.25) is 0 Å². The largest absolute Gasteiger partial charge is 0.507 e. The van der Waals surface area contributed by atoms with Crippen LogP contribution in [0.15, 0.2) is 18.2 Å². The summed E-state index contributed by atoms with van der Waals surface area (Å²) in [5, 5.41) is 19.8. The molecule has 0 saturated carbocycles. The number of phenolic OH excluding ortho intramolecular Hbond substituents is 2. The molecule has 1 atom stereocenters. The van der Waals surface area contributed by atoms with Crippen molar-refractivity contribution in [2.24, 2.45) is 11.7 Å². The molecule has 4 N–H and O–H groups in total. The van der Waals surface area contributed by atoms with Gasteiger partial charge in [0, 0.05) is 6.04 Å². The second-order valence-corrected chi connectivity index (χ2v) is 5.10. The second kappa shape index (κ2) is 5.59. The lowest BCUT2D eigenvalue weighted by Gasteiger charge is -2.36. The Kier molecular flexibility index (Phi) is 4.09. The Balaban J connectivity index is 2.10. The lowest BCUT2D eigenvalue weighted by Crippen LogP contribution is -2.37. The number of piperidine rings is 1. The summed E-state index contributed by atoms with van der Waals surface area (Å²) in [6.45, 7) is 4.72. The molecule has 1 aliphatic heterocycles. The van der Waals surface area contributed by atoms with E-state index in [-0.39, 0.29) is 17.5 Å². The molecule has 0 aromatic heterocycles. The molecule has 1 aromatic carbocycles. The van der Waals surface area contributed by atoms with Gasteiger partial charge in [0.25, 0.3) is 0 Å². The zero-order valence-corrected chi connectivity index (χ0v) is 10.8. The molecule has 18 heavy (non-hydrogen) atoms. The molecule has 2 rings (SSSR count). The van der Waals surface area contributed by atoms with Crippen LogP contribution in [0.5, 0.6) is 11.5 Å². The minimum absolute atomic E-state index is 0.0323. The maximum Gasteiger partial charge on any atom is 0.124 e. The number of benzene rings is 1. The third kappa shape index (κ3) is 2.60. The fraction of sp³-hybridized carbons (Fsp3) is 0.571. The molecule has 1 saturated heterocycles. The van der Waals surface area contributed by atoms with E-state index < -0.39 is 0 Å². The number of nitrogens with two attached hydrogens (primary N) is 1.